The fraction of sp³-hybridized carbons (Fsp3) is 0.375. The van der Waals surface area contributed by atoms with E-state index in [0.717, 1.165) is 36.9 Å². The van der Waals surface area contributed by atoms with Gasteiger partial charge in [-0.3, -0.25) is 14.4 Å². The van der Waals surface area contributed by atoms with Crippen LogP contribution in [0.4, 0.5) is 11.4 Å². The number of hydrogen-bond acceptors (Lipinski definition) is 3. The number of para-hydroxylation sites is 2. The van der Waals surface area contributed by atoms with Gasteiger partial charge in [0.2, 0.25) is 11.8 Å². The molecule has 29 heavy (non-hydrogen) atoms. The number of anilines is 2. The van der Waals surface area contributed by atoms with E-state index in [0.29, 0.717) is 17.2 Å². The van der Waals surface area contributed by atoms with Crippen molar-refractivity contribution in [1.29, 1.82) is 0 Å². The predicted octanol–water partition coefficient (Wildman–Crippen LogP) is 4.43. The summed E-state index contributed by atoms with van der Waals surface area (Å²) >= 11 is 0. The average molecular weight is 390 g/mol. The fourth-order valence-corrected chi connectivity index (χ4v) is 4.63. The van der Waals surface area contributed by atoms with Gasteiger partial charge in [-0.1, -0.05) is 44.2 Å². The van der Waals surface area contributed by atoms with Crippen LogP contribution < -0.4 is 10.2 Å². The molecular formula is C24H26N2O3. The molecule has 3 atom stereocenters. The number of rotatable bonds is 4. The number of nitrogens with zero attached hydrogens (tertiary/aromatic N) is 1. The van der Waals surface area contributed by atoms with Crippen molar-refractivity contribution < 1.29 is 14.4 Å². The molecule has 3 amide bonds. The molecule has 0 aromatic heterocycles. The van der Waals surface area contributed by atoms with Crippen LogP contribution in [0.25, 0.3) is 0 Å². The third-order valence-corrected chi connectivity index (χ3v) is 6.22. The highest BCUT2D eigenvalue weighted by atomic mass is 16.2. The van der Waals surface area contributed by atoms with Crippen molar-refractivity contribution in [2.45, 2.75) is 39.5 Å². The van der Waals surface area contributed by atoms with E-state index in [-0.39, 0.29) is 29.6 Å². The summed E-state index contributed by atoms with van der Waals surface area (Å²) < 4.78 is 0. The first-order chi connectivity index (χ1) is 14.0. The highest BCUT2D eigenvalue weighted by Crippen LogP contribution is 2.42. The first-order valence-corrected chi connectivity index (χ1v) is 10.4. The molecule has 5 heteroatoms. The Hall–Kier alpha value is -2.95. The predicted molar refractivity (Wildman–Crippen MR) is 113 cm³/mol. The average Bonchev–Trinajstić information content (AvgIpc) is 2.98. The Morgan fingerprint density at radius 3 is 2.48 bits per heavy atom. The van der Waals surface area contributed by atoms with Gasteiger partial charge in [-0.2, -0.15) is 0 Å². The zero-order valence-electron chi connectivity index (χ0n) is 16.9. The molecule has 2 fully saturated rings. The van der Waals surface area contributed by atoms with Crippen LogP contribution in [0.15, 0.2) is 48.5 Å². The van der Waals surface area contributed by atoms with Crippen molar-refractivity contribution >= 4 is 29.1 Å². The lowest BCUT2D eigenvalue weighted by atomic mass is 9.76. The molecule has 0 radical (unpaired) electrons. The first kappa shape index (κ1) is 19.4. The Labute approximate surface area is 171 Å². The van der Waals surface area contributed by atoms with Crippen LogP contribution in [0.3, 0.4) is 0 Å². The molecule has 1 heterocycles. The molecule has 1 N–H and O–H groups in total. The standard InChI is InChI=1S/C24H26N2O3/c1-3-16-8-4-6-10-20(16)25-22(27)18-9-5-7-11-21(18)26-23(28)17-13-12-15(2)14-19(17)24(26)29/h4-11,15,17,19H,3,12-14H2,1-2H3,(H,25,27)/t15-,17+,19+/m1/s1. The molecule has 0 unspecified atom stereocenters. The summed E-state index contributed by atoms with van der Waals surface area (Å²) in [5.41, 5.74) is 2.51. The van der Waals surface area contributed by atoms with Crippen LogP contribution in [-0.4, -0.2) is 17.7 Å². The first-order valence-electron chi connectivity index (χ1n) is 10.4. The number of fused-ring (bicyclic) bond motifs is 1. The number of benzene rings is 2. The van der Waals surface area contributed by atoms with E-state index in [2.05, 4.69) is 12.2 Å². The lowest BCUT2D eigenvalue weighted by Crippen LogP contribution is -2.33. The van der Waals surface area contributed by atoms with Crippen LogP contribution in [-0.2, 0) is 16.0 Å². The molecule has 0 bridgehead atoms. The number of carbonyl (C=O) groups excluding carboxylic acids is 3. The second-order valence-corrected chi connectivity index (χ2v) is 8.13. The third-order valence-electron chi connectivity index (χ3n) is 6.22. The maximum Gasteiger partial charge on any atom is 0.257 e. The third kappa shape index (κ3) is 3.46. The normalized spacial score (nSPS) is 23.8. The van der Waals surface area contributed by atoms with Crippen LogP contribution in [0.1, 0.15) is 49.0 Å². The number of aryl methyl sites for hydroxylation is 1. The number of imide groups is 1. The molecule has 2 aromatic rings. The van der Waals surface area contributed by atoms with Gasteiger partial charge in [-0.15, -0.1) is 0 Å². The zero-order chi connectivity index (χ0) is 20.5. The van der Waals surface area contributed by atoms with E-state index in [1.165, 1.54) is 4.90 Å². The second-order valence-electron chi connectivity index (χ2n) is 8.13. The van der Waals surface area contributed by atoms with Crippen LogP contribution >= 0.6 is 0 Å². The van der Waals surface area contributed by atoms with E-state index in [1.807, 2.05) is 31.2 Å². The highest BCUT2D eigenvalue weighted by molar-refractivity contribution is 6.24. The molecule has 0 spiro atoms. The lowest BCUT2D eigenvalue weighted by Gasteiger charge is -2.25. The second kappa shape index (κ2) is 7.82. The Morgan fingerprint density at radius 2 is 1.69 bits per heavy atom. The molecule has 2 aromatic carbocycles. The van der Waals surface area contributed by atoms with Crippen molar-refractivity contribution in [3.8, 4) is 0 Å². The molecule has 1 aliphatic carbocycles. The minimum absolute atomic E-state index is 0.166. The smallest absolute Gasteiger partial charge is 0.257 e. The van der Waals surface area contributed by atoms with Crippen LogP contribution in [0.2, 0.25) is 0 Å². The molecule has 150 valence electrons. The quantitative estimate of drug-likeness (QED) is 0.786. The van der Waals surface area contributed by atoms with Crippen molar-refractivity contribution in [3.63, 3.8) is 0 Å². The monoisotopic (exact) mass is 390 g/mol. The van der Waals surface area contributed by atoms with Crippen LogP contribution in [0, 0.1) is 17.8 Å². The number of hydrogen-bond donors (Lipinski definition) is 1. The summed E-state index contributed by atoms with van der Waals surface area (Å²) in [6, 6.07) is 14.5. The minimum atomic E-state index is -0.315. The summed E-state index contributed by atoms with van der Waals surface area (Å²) in [4.78, 5) is 40.5. The number of amides is 3. The van der Waals surface area contributed by atoms with Gasteiger partial charge >= 0.3 is 0 Å². The van der Waals surface area contributed by atoms with E-state index >= 15 is 0 Å². The van der Waals surface area contributed by atoms with Crippen LogP contribution in [0.5, 0.6) is 0 Å². The fourth-order valence-electron chi connectivity index (χ4n) is 4.63. The Bertz CT molecular complexity index is 968. The molecule has 1 saturated heterocycles. The highest BCUT2D eigenvalue weighted by Gasteiger charge is 2.50. The summed E-state index contributed by atoms with van der Waals surface area (Å²) in [7, 11) is 0. The van der Waals surface area contributed by atoms with Gasteiger partial charge in [-0.25, -0.2) is 4.90 Å². The lowest BCUT2D eigenvalue weighted by molar-refractivity contribution is -0.122. The topological polar surface area (TPSA) is 66.5 Å². The molecule has 5 nitrogen and oxygen atoms in total. The maximum absolute atomic E-state index is 13.1. The van der Waals surface area contributed by atoms with Crippen molar-refractivity contribution in [1.82, 2.24) is 0 Å². The summed E-state index contributed by atoms with van der Waals surface area (Å²) in [5, 5.41) is 2.95. The SMILES string of the molecule is CCc1ccccc1NC(=O)c1ccccc1N1C(=O)[C@H]2CC[C@@H](C)C[C@@H]2C1=O. The molecular weight excluding hydrogens is 364 g/mol. The van der Waals surface area contributed by atoms with Gasteiger partial charge in [0.15, 0.2) is 0 Å². The summed E-state index contributed by atoms with van der Waals surface area (Å²) in [6.07, 6.45) is 3.24. The van der Waals surface area contributed by atoms with E-state index in [1.54, 1.807) is 24.3 Å². The van der Waals surface area contributed by atoms with Crippen molar-refractivity contribution in [3.05, 3.63) is 59.7 Å². The number of nitrogens with one attached hydrogen (secondary N) is 1. The van der Waals surface area contributed by atoms with E-state index in [4.69, 9.17) is 0 Å². The Kier molecular flexibility index (Phi) is 5.22. The number of carbonyl (C=O) groups is 3. The van der Waals surface area contributed by atoms with Crippen molar-refractivity contribution in [2.24, 2.45) is 17.8 Å². The van der Waals surface area contributed by atoms with Gasteiger partial charge in [0.05, 0.1) is 23.1 Å². The Morgan fingerprint density at radius 1 is 1.00 bits per heavy atom. The maximum atomic E-state index is 13.1. The van der Waals surface area contributed by atoms with Gasteiger partial charge < -0.3 is 5.32 Å². The zero-order valence-corrected chi connectivity index (χ0v) is 16.9. The van der Waals surface area contributed by atoms with E-state index in [9.17, 15) is 14.4 Å². The van der Waals surface area contributed by atoms with Gasteiger partial charge in [0.1, 0.15) is 0 Å². The summed E-state index contributed by atoms with van der Waals surface area (Å²) in [5.74, 6) is -0.719. The van der Waals surface area contributed by atoms with Gasteiger partial charge in [0, 0.05) is 5.69 Å². The van der Waals surface area contributed by atoms with E-state index < -0.39 is 0 Å². The summed E-state index contributed by atoms with van der Waals surface area (Å²) in [6.45, 7) is 4.16. The Balaban J connectivity index is 1.66. The van der Waals surface area contributed by atoms with Crippen molar-refractivity contribution in [2.75, 3.05) is 10.2 Å². The largest absolute Gasteiger partial charge is 0.322 e. The molecule has 2 aliphatic rings. The molecule has 1 saturated carbocycles. The van der Waals surface area contributed by atoms with Gasteiger partial charge in [0.25, 0.3) is 5.91 Å². The minimum Gasteiger partial charge on any atom is -0.322 e. The molecule has 1 aliphatic heterocycles. The molecule has 4 rings (SSSR count). The van der Waals surface area contributed by atoms with Gasteiger partial charge in [-0.05, 0) is 55.4 Å².